The maximum absolute atomic E-state index is 10.9. The van der Waals surface area contributed by atoms with Crippen molar-refractivity contribution in [2.75, 3.05) is 0 Å². The van der Waals surface area contributed by atoms with Crippen molar-refractivity contribution in [3.8, 4) is 0 Å². The monoisotopic (exact) mass is 189 g/mol. The molecule has 0 atom stereocenters. The number of hydrogen-bond donors (Lipinski definition) is 0. The van der Waals surface area contributed by atoms with Crippen LogP contribution < -0.4 is 0 Å². The smallest absolute Gasteiger partial charge is 0.157 e. The largest absolute Gasteiger partial charge is 0.300 e. The maximum Gasteiger partial charge on any atom is 0.157 e. The maximum atomic E-state index is 10.9. The van der Waals surface area contributed by atoms with E-state index in [0.29, 0.717) is 6.42 Å². The van der Waals surface area contributed by atoms with Gasteiger partial charge in [-0.25, -0.2) is 4.98 Å². The van der Waals surface area contributed by atoms with Gasteiger partial charge in [-0.1, -0.05) is 0 Å². The summed E-state index contributed by atoms with van der Waals surface area (Å²) in [5.41, 5.74) is 1.79. The van der Waals surface area contributed by atoms with Crippen LogP contribution in [0.4, 0.5) is 0 Å². The zero-order chi connectivity index (χ0) is 10.1. The van der Waals surface area contributed by atoms with E-state index in [1.54, 1.807) is 24.0 Å². The van der Waals surface area contributed by atoms with Gasteiger partial charge < -0.3 is 0 Å². The van der Waals surface area contributed by atoms with Crippen LogP contribution in [-0.2, 0) is 18.3 Å². The minimum absolute atomic E-state index is 0.148. The van der Waals surface area contributed by atoms with E-state index < -0.39 is 0 Å². The van der Waals surface area contributed by atoms with Crippen molar-refractivity contribution in [1.29, 1.82) is 0 Å². The third kappa shape index (κ3) is 1.51. The van der Waals surface area contributed by atoms with Gasteiger partial charge in [0, 0.05) is 25.1 Å². The zero-order valence-corrected chi connectivity index (χ0v) is 8.19. The molecule has 0 N–H and O–H groups in total. The van der Waals surface area contributed by atoms with E-state index in [4.69, 9.17) is 0 Å². The number of fused-ring (bicyclic) bond motifs is 1. The molecule has 14 heavy (non-hydrogen) atoms. The van der Waals surface area contributed by atoms with Crippen molar-refractivity contribution in [2.45, 2.75) is 13.3 Å². The summed E-state index contributed by atoms with van der Waals surface area (Å²) in [7, 11) is 1.85. The zero-order valence-electron chi connectivity index (χ0n) is 8.19. The second-order valence-electron chi connectivity index (χ2n) is 3.40. The molecule has 2 aromatic rings. The Balaban J connectivity index is 2.46. The lowest BCUT2D eigenvalue weighted by molar-refractivity contribution is -0.116. The molecule has 0 unspecified atom stereocenters. The van der Waals surface area contributed by atoms with Crippen molar-refractivity contribution < 1.29 is 4.79 Å². The second-order valence-corrected chi connectivity index (χ2v) is 3.40. The van der Waals surface area contributed by atoms with Crippen molar-refractivity contribution >= 4 is 16.8 Å². The first-order valence-corrected chi connectivity index (χ1v) is 4.43. The lowest BCUT2D eigenvalue weighted by Gasteiger charge is -1.97. The predicted molar refractivity (Wildman–Crippen MR) is 52.9 cm³/mol. The SMILES string of the molecule is CC(=O)Cc1cnc2c(cnn2C)c1. The summed E-state index contributed by atoms with van der Waals surface area (Å²) in [5.74, 6) is 0.148. The predicted octanol–water partition coefficient (Wildman–Crippen LogP) is 1.10. The number of aryl methyl sites for hydroxylation is 1. The van der Waals surface area contributed by atoms with Crippen molar-refractivity contribution in [3.63, 3.8) is 0 Å². The molecule has 72 valence electrons. The standard InChI is InChI=1S/C10H11N3O/c1-7(14)3-8-4-9-6-12-13(2)10(9)11-5-8/h4-6H,3H2,1-2H3. The highest BCUT2D eigenvalue weighted by Gasteiger charge is 2.03. The average Bonchev–Trinajstić information content (AvgIpc) is 2.46. The van der Waals surface area contributed by atoms with Crippen LogP contribution in [0.2, 0.25) is 0 Å². The Morgan fingerprint density at radius 2 is 2.29 bits per heavy atom. The van der Waals surface area contributed by atoms with Crippen molar-refractivity contribution in [3.05, 3.63) is 24.0 Å². The molecule has 0 aromatic carbocycles. The Bertz CT molecular complexity index is 487. The van der Waals surface area contributed by atoms with Crippen molar-refractivity contribution in [2.24, 2.45) is 7.05 Å². The molecule has 4 heteroatoms. The first kappa shape index (κ1) is 8.87. The number of Topliss-reactive ketones (excluding diaryl/α,β-unsaturated/α-hetero) is 1. The molecular formula is C10H11N3O. The Morgan fingerprint density at radius 3 is 3.00 bits per heavy atom. The highest BCUT2D eigenvalue weighted by atomic mass is 16.1. The van der Waals surface area contributed by atoms with E-state index >= 15 is 0 Å². The Labute approximate surface area is 81.6 Å². The highest BCUT2D eigenvalue weighted by molar-refractivity contribution is 5.80. The lowest BCUT2D eigenvalue weighted by atomic mass is 10.1. The van der Waals surface area contributed by atoms with Gasteiger partial charge in [0.1, 0.15) is 5.78 Å². The molecule has 2 heterocycles. The summed E-state index contributed by atoms with van der Waals surface area (Å²) in [6, 6.07) is 1.96. The van der Waals surface area contributed by atoms with E-state index in [9.17, 15) is 4.79 Å². The molecule has 0 aliphatic carbocycles. The molecule has 0 saturated heterocycles. The molecule has 0 aliphatic heterocycles. The van der Waals surface area contributed by atoms with Crippen LogP contribution in [0.3, 0.4) is 0 Å². The number of nitrogens with zero attached hydrogens (tertiary/aromatic N) is 3. The van der Waals surface area contributed by atoms with Gasteiger partial charge in [-0.05, 0) is 18.6 Å². The summed E-state index contributed by atoms with van der Waals surface area (Å²) in [6.45, 7) is 1.58. The number of hydrogen-bond acceptors (Lipinski definition) is 3. The van der Waals surface area contributed by atoms with Crippen LogP contribution in [0.25, 0.3) is 11.0 Å². The summed E-state index contributed by atoms with van der Waals surface area (Å²) < 4.78 is 1.72. The van der Waals surface area contributed by atoms with E-state index in [1.165, 1.54) is 0 Å². The molecule has 0 spiro atoms. The minimum Gasteiger partial charge on any atom is -0.300 e. The molecule has 4 nitrogen and oxygen atoms in total. The van der Waals surface area contributed by atoms with Gasteiger partial charge in [0.2, 0.25) is 0 Å². The fraction of sp³-hybridized carbons (Fsp3) is 0.300. The van der Waals surface area contributed by atoms with Crippen LogP contribution in [0.5, 0.6) is 0 Å². The molecule has 0 radical (unpaired) electrons. The summed E-state index contributed by atoms with van der Waals surface area (Å²) >= 11 is 0. The third-order valence-electron chi connectivity index (χ3n) is 2.08. The number of carbonyl (C=O) groups is 1. The quantitative estimate of drug-likeness (QED) is 0.710. The van der Waals surface area contributed by atoms with Gasteiger partial charge in [-0.3, -0.25) is 9.48 Å². The molecule has 2 rings (SSSR count). The van der Waals surface area contributed by atoms with E-state index in [0.717, 1.165) is 16.6 Å². The van der Waals surface area contributed by atoms with Crippen molar-refractivity contribution in [1.82, 2.24) is 14.8 Å². The Morgan fingerprint density at radius 1 is 1.50 bits per heavy atom. The number of aromatic nitrogens is 3. The second kappa shape index (κ2) is 3.21. The molecule has 0 aliphatic rings. The lowest BCUT2D eigenvalue weighted by Crippen LogP contribution is -1.97. The molecule has 2 aromatic heterocycles. The van der Waals surface area contributed by atoms with Gasteiger partial charge >= 0.3 is 0 Å². The fourth-order valence-corrected chi connectivity index (χ4v) is 1.47. The number of carbonyl (C=O) groups excluding carboxylic acids is 1. The number of pyridine rings is 1. The Kier molecular flexibility index (Phi) is 2.04. The van der Waals surface area contributed by atoms with Crippen LogP contribution in [0.15, 0.2) is 18.5 Å². The molecule has 0 saturated carbocycles. The first-order chi connectivity index (χ1) is 6.66. The van der Waals surface area contributed by atoms with E-state index in [2.05, 4.69) is 10.1 Å². The van der Waals surface area contributed by atoms with Crippen LogP contribution >= 0.6 is 0 Å². The molecule has 0 fully saturated rings. The summed E-state index contributed by atoms with van der Waals surface area (Å²) in [5, 5.41) is 5.06. The number of rotatable bonds is 2. The summed E-state index contributed by atoms with van der Waals surface area (Å²) in [6.07, 6.45) is 3.93. The van der Waals surface area contributed by atoms with Gasteiger partial charge in [-0.15, -0.1) is 0 Å². The molecule has 0 amide bonds. The third-order valence-corrected chi connectivity index (χ3v) is 2.08. The normalized spacial score (nSPS) is 10.7. The highest BCUT2D eigenvalue weighted by Crippen LogP contribution is 2.12. The van der Waals surface area contributed by atoms with Gasteiger partial charge in [0.05, 0.1) is 6.20 Å². The minimum atomic E-state index is 0.148. The average molecular weight is 189 g/mol. The first-order valence-electron chi connectivity index (χ1n) is 4.43. The van der Waals surface area contributed by atoms with E-state index in [1.807, 2.05) is 13.1 Å². The van der Waals surface area contributed by atoms with Gasteiger partial charge in [0.25, 0.3) is 0 Å². The van der Waals surface area contributed by atoms with Crippen LogP contribution in [0.1, 0.15) is 12.5 Å². The van der Waals surface area contributed by atoms with Crippen LogP contribution in [-0.4, -0.2) is 20.5 Å². The fourth-order valence-electron chi connectivity index (χ4n) is 1.47. The Hall–Kier alpha value is -1.71. The van der Waals surface area contributed by atoms with Gasteiger partial charge in [-0.2, -0.15) is 5.10 Å². The van der Waals surface area contributed by atoms with E-state index in [-0.39, 0.29) is 5.78 Å². The molecule has 0 bridgehead atoms. The molecular weight excluding hydrogens is 178 g/mol. The number of ketones is 1. The van der Waals surface area contributed by atoms with Gasteiger partial charge in [0.15, 0.2) is 5.65 Å². The topological polar surface area (TPSA) is 47.8 Å². The van der Waals surface area contributed by atoms with Crippen LogP contribution in [0, 0.1) is 0 Å². The summed E-state index contributed by atoms with van der Waals surface area (Å²) in [4.78, 5) is 15.1.